The zero-order chi connectivity index (χ0) is 12.7. The molecule has 1 atom stereocenters. The van der Waals surface area contributed by atoms with Gasteiger partial charge in [-0.2, -0.15) is 0 Å². The van der Waals surface area contributed by atoms with Crippen molar-refractivity contribution in [3.8, 4) is 0 Å². The van der Waals surface area contributed by atoms with Gasteiger partial charge in [0.2, 0.25) is 0 Å². The highest BCUT2D eigenvalue weighted by Gasteiger charge is 2.20. The molecule has 1 aromatic rings. The quantitative estimate of drug-likeness (QED) is 0.663. The zero-order valence-electron chi connectivity index (χ0n) is 11.8. The van der Waals surface area contributed by atoms with Crippen LogP contribution in [0.15, 0.2) is 29.0 Å². The van der Waals surface area contributed by atoms with E-state index in [4.69, 9.17) is 0 Å². The van der Waals surface area contributed by atoms with Crippen molar-refractivity contribution < 1.29 is 0 Å². The summed E-state index contributed by atoms with van der Waals surface area (Å²) < 4.78 is 0. The van der Waals surface area contributed by atoms with Gasteiger partial charge >= 0.3 is 0 Å². The third kappa shape index (κ3) is 2.04. The van der Waals surface area contributed by atoms with Crippen molar-refractivity contribution in [3.63, 3.8) is 0 Å². The summed E-state index contributed by atoms with van der Waals surface area (Å²) in [5.74, 6) is 0.650. The predicted octanol–water partition coefficient (Wildman–Crippen LogP) is 3.28. The number of hydrogen-bond donors (Lipinski definition) is 0. The van der Waals surface area contributed by atoms with E-state index in [1.54, 1.807) is 5.20 Å². The molecule has 0 amide bonds. The van der Waals surface area contributed by atoms with Gasteiger partial charge in [-0.25, -0.2) is 0 Å². The highest BCUT2D eigenvalue weighted by Crippen LogP contribution is 2.38. The Morgan fingerprint density at radius 1 is 1.00 bits per heavy atom. The molecule has 0 radical (unpaired) electrons. The minimum absolute atomic E-state index is 0.650. The molecule has 0 bridgehead atoms. The molecule has 0 saturated carbocycles. The fourth-order valence-corrected chi connectivity index (χ4v) is 3.37. The van der Waals surface area contributed by atoms with Crippen molar-refractivity contribution in [2.24, 2.45) is 5.92 Å². The van der Waals surface area contributed by atoms with Crippen molar-refractivity contribution >= 4 is 15.8 Å². The Hall–Kier alpha value is -1.08. The van der Waals surface area contributed by atoms with Crippen LogP contribution in [0, 0.1) is 26.7 Å². The second kappa shape index (κ2) is 4.30. The van der Waals surface area contributed by atoms with Gasteiger partial charge in [-0.05, 0) is 61.4 Å². The summed E-state index contributed by atoms with van der Waals surface area (Å²) in [6, 6.07) is 4.60. The number of hydrogen-bond acceptors (Lipinski definition) is 0. The molecule has 1 aromatic carbocycles. The number of benzene rings is 1. The van der Waals surface area contributed by atoms with Gasteiger partial charge in [-0.3, -0.25) is 0 Å². The Kier molecular flexibility index (Phi) is 3.13. The van der Waals surface area contributed by atoms with E-state index in [0.717, 1.165) is 0 Å². The SMILES string of the molecule is CC1=C([SiH3])C(C)C=C1c1c(C)cc(C)cc1C. The predicted molar refractivity (Wildman–Crippen MR) is 80.4 cm³/mol. The molecule has 2 rings (SSSR count). The maximum atomic E-state index is 2.45. The number of rotatable bonds is 1. The largest absolute Gasteiger partial charge is 0.0819 e. The van der Waals surface area contributed by atoms with E-state index in [1.165, 1.54) is 43.6 Å². The molecule has 17 heavy (non-hydrogen) atoms. The molecule has 0 spiro atoms. The molecule has 0 heterocycles. The molecule has 0 N–H and O–H groups in total. The standard InChI is InChI=1S/C16H22Si/c1-9-6-10(2)15(11(3)7-9)14-8-12(4)16(17)13(14)5/h6-8,12H,1-5,17H3. The molecule has 0 fully saturated rings. The normalized spacial score (nSPS) is 20.1. The minimum Gasteiger partial charge on any atom is -0.0819 e. The van der Waals surface area contributed by atoms with Crippen LogP contribution in [0.1, 0.15) is 36.1 Å². The summed E-state index contributed by atoms with van der Waals surface area (Å²) in [6.07, 6.45) is 2.45. The lowest BCUT2D eigenvalue weighted by molar-refractivity contribution is 0.933. The lowest BCUT2D eigenvalue weighted by atomic mass is 9.91. The van der Waals surface area contributed by atoms with Crippen LogP contribution >= 0.6 is 0 Å². The molecule has 1 aliphatic carbocycles. The maximum absolute atomic E-state index is 2.45. The molecule has 1 aliphatic rings. The van der Waals surface area contributed by atoms with Crippen LogP contribution < -0.4 is 0 Å². The molecule has 0 nitrogen and oxygen atoms in total. The van der Waals surface area contributed by atoms with Gasteiger partial charge in [0.1, 0.15) is 0 Å². The molecular formula is C16H22Si. The first-order chi connectivity index (χ1) is 7.91. The van der Waals surface area contributed by atoms with Gasteiger partial charge in [-0.1, -0.05) is 35.9 Å². The van der Waals surface area contributed by atoms with Crippen molar-refractivity contribution in [1.29, 1.82) is 0 Å². The van der Waals surface area contributed by atoms with E-state index >= 15 is 0 Å². The summed E-state index contributed by atoms with van der Waals surface area (Å²) in [5, 5.41) is 1.65. The topological polar surface area (TPSA) is 0 Å². The molecule has 90 valence electrons. The van der Waals surface area contributed by atoms with E-state index in [2.05, 4.69) is 52.8 Å². The zero-order valence-corrected chi connectivity index (χ0v) is 13.8. The molecule has 0 aromatic heterocycles. The lowest BCUT2D eigenvalue weighted by Gasteiger charge is -2.14. The smallest absolute Gasteiger partial charge is 0.0344 e. The average Bonchev–Trinajstić information content (AvgIpc) is 2.45. The first-order valence-electron chi connectivity index (χ1n) is 6.39. The minimum atomic E-state index is 0.650. The average molecular weight is 242 g/mol. The lowest BCUT2D eigenvalue weighted by Crippen LogP contribution is -1.95. The first-order valence-corrected chi connectivity index (χ1v) is 7.39. The van der Waals surface area contributed by atoms with Gasteiger partial charge in [-0.15, -0.1) is 0 Å². The molecule has 1 heteroatoms. The summed E-state index contributed by atoms with van der Waals surface area (Å²) in [7, 11) is 1.18. The summed E-state index contributed by atoms with van der Waals surface area (Å²) in [6.45, 7) is 11.3. The number of aryl methyl sites for hydroxylation is 3. The fraction of sp³-hybridized carbons (Fsp3) is 0.375. The Bertz CT molecular complexity index is 509. The molecule has 1 unspecified atom stereocenters. The van der Waals surface area contributed by atoms with Crippen molar-refractivity contribution in [2.75, 3.05) is 0 Å². The number of allylic oxidation sites excluding steroid dienone is 4. The molecule has 0 saturated heterocycles. The maximum Gasteiger partial charge on any atom is 0.0344 e. The molecular weight excluding hydrogens is 220 g/mol. The second-order valence-electron chi connectivity index (χ2n) is 5.45. The monoisotopic (exact) mass is 242 g/mol. The van der Waals surface area contributed by atoms with Gasteiger partial charge in [0.25, 0.3) is 0 Å². The van der Waals surface area contributed by atoms with Crippen LogP contribution in [0.25, 0.3) is 5.57 Å². The Morgan fingerprint density at radius 2 is 1.53 bits per heavy atom. The van der Waals surface area contributed by atoms with Crippen molar-refractivity contribution in [2.45, 2.75) is 34.6 Å². The van der Waals surface area contributed by atoms with E-state index < -0.39 is 0 Å². The highest BCUT2D eigenvalue weighted by molar-refractivity contribution is 6.24. The van der Waals surface area contributed by atoms with Crippen LogP contribution in [0.5, 0.6) is 0 Å². The van der Waals surface area contributed by atoms with E-state index in [-0.39, 0.29) is 0 Å². The van der Waals surface area contributed by atoms with Gasteiger partial charge < -0.3 is 0 Å². The van der Waals surface area contributed by atoms with Crippen LogP contribution in [0.4, 0.5) is 0 Å². The van der Waals surface area contributed by atoms with Crippen molar-refractivity contribution in [3.05, 3.63) is 51.2 Å². The van der Waals surface area contributed by atoms with Gasteiger partial charge in [0, 0.05) is 10.2 Å². The highest BCUT2D eigenvalue weighted by atomic mass is 28.1. The third-order valence-electron chi connectivity index (χ3n) is 4.04. The summed E-state index contributed by atoms with van der Waals surface area (Å²) >= 11 is 0. The fourth-order valence-electron chi connectivity index (χ4n) is 2.93. The van der Waals surface area contributed by atoms with Crippen LogP contribution in [-0.4, -0.2) is 10.2 Å². The Labute approximate surface area is 108 Å². The van der Waals surface area contributed by atoms with Crippen LogP contribution in [0.2, 0.25) is 0 Å². The van der Waals surface area contributed by atoms with Crippen LogP contribution in [-0.2, 0) is 0 Å². The summed E-state index contributed by atoms with van der Waals surface area (Å²) in [5.41, 5.74) is 8.67. The van der Waals surface area contributed by atoms with E-state index in [9.17, 15) is 0 Å². The van der Waals surface area contributed by atoms with Crippen molar-refractivity contribution in [1.82, 2.24) is 0 Å². The van der Waals surface area contributed by atoms with E-state index in [0.29, 0.717) is 5.92 Å². The molecule has 0 aliphatic heterocycles. The first kappa shape index (κ1) is 12.4. The summed E-state index contributed by atoms with van der Waals surface area (Å²) in [4.78, 5) is 0. The Balaban J connectivity index is 2.61. The van der Waals surface area contributed by atoms with E-state index in [1.807, 2.05) is 0 Å². The van der Waals surface area contributed by atoms with Gasteiger partial charge in [0.05, 0.1) is 0 Å². The van der Waals surface area contributed by atoms with Crippen LogP contribution in [0.3, 0.4) is 0 Å². The third-order valence-corrected chi connectivity index (χ3v) is 5.70. The Morgan fingerprint density at radius 3 is 1.94 bits per heavy atom. The van der Waals surface area contributed by atoms with Gasteiger partial charge in [0.15, 0.2) is 0 Å². The second-order valence-corrected chi connectivity index (χ2v) is 6.53.